The van der Waals surface area contributed by atoms with Crippen molar-refractivity contribution in [2.45, 2.75) is 52.0 Å². The average molecular weight is 479 g/mol. The molecule has 186 valence electrons. The monoisotopic (exact) mass is 478 g/mol. The van der Waals surface area contributed by atoms with E-state index in [1.807, 2.05) is 45.0 Å². The third-order valence-corrected chi connectivity index (χ3v) is 8.18. The number of nitrogens with zero attached hydrogens (tertiary/aromatic N) is 1. The number of nitrogens with one attached hydrogen (secondary N) is 1. The number of likely N-dealkylation sites (tertiary alicyclic amines) is 1. The molecule has 2 aromatic carbocycles. The van der Waals surface area contributed by atoms with Crippen molar-refractivity contribution in [3.8, 4) is 11.1 Å². The summed E-state index contributed by atoms with van der Waals surface area (Å²) in [6, 6.07) is 16.2. The number of hydrogen-bond donors (Lipinski definition) is 2. The van der Waals surface area contributed by atoms with Crippen molar-refractivity contribution < 1.29 is 24.2 Å². The molecule has 2 atom stereocenters. The van der Waals surface area contributed by atoms with E-state index >= 15 is 0 Å². The molecule has 2 amide bonds. The Bertz CT molecular complexity index is 1100. The minimum Gasteiger partial charge on any atom is -0.481 e. The number of carbonyl (C=O) groups is 3. The Morgan fingerprint density at radius 3 is 2.09 bits per heavy atom. The van der Waals surface area contributed by atoms with Crippen LogP contribution in [-0.4, -0.2) is 53.2 Å². The quantitative estimate of drug-likeness (QED) is 0.604. The number of ether oxygens (including phenoxy) is 1. The van der Waals surface area contributed by atoms with Crippen LogP contribution < -0.4 is 5.32 Å². The highest BCUT2D eigenvalue weighted by atomic mass is 16.5. The summed E-state index contributed by atoms with van der Waals surface area (Å²) in [4.78, 5) is 40.0. The van der Waals surface area contributed by atoms with E-state index in [0.29, 0.717) is 19.4 Å². The fourth-order valence-corrected chi connectivity index (χ4v) is 5.50. The molecule has 7 heteroatoms. The van der Waals surface area contributed by atoms with Gasteiger partial charge >= 0.3 is 12.1 Å². The van der Waals surface area contributed by atoms with Crippen LogP contribution in [-0.2, 0) is 14.3 Å². The molecule has 7 nitrogen and oxygen atoms in total. The lowest BCUT2D eigenvalue weighted by Gasteiger charge is -2.35. The molecule has 0 saturated carbocycles. The van der Waals surface area contributed by atoms with Crippen molar-refractivity contribution in [1.82, 2.24) is 10.2 Å². The maximum absolute atomic E-state index is 13.6. The molecule has 0 aromatic heterocycles. The molecular formula is C28H34N2O5. The van der Waals surface area contributed by atoms with Gasteiger partial charge in [0.2, 0.25) is 5.91 Å². The zero-order chi connectivity index (χ0) is 25.4. The number of rotatable bonds is 7. The van der Waals surface area contributed by atoms with E-state index in [9.17, 15) is 19.5 Å². The van der Waals surface area contributed by atoms with Gasteiger partial charge in [0.15, 0.2) is 0 Å². The Morgan fingerprint density at radius 1 is 1.06 bits per heavy atom. The van der Waals surface area contributed by atoms with Gasteiger partial charge in [-0.3, -0.25) is 9.59 Å². The van der Waals surface area contributed by atoms with Gasteiger partial charge in [-0.2, -0.15) is 0 Å². The van der Waals surface area contributed by atoms with Crippen LogP contribution in [0.25, 0.3) is 11.1 Å². The van der Waals surface area contributed by atoms with Crippen LogP contribution in [0.2, 0.25) is 0 Å². The summed E-state index contributed by atoms with van der Waals surface area (Å²) in [6.07, 6.45) is 0.111. The molecule has 35 heavy (non-hydrogen) atoms. The van der Waals surface area contributed by atoms with E-state index in [2.05, 4.69) is 29.6 Å². The molecule has 0 bridgehead atoms. The lowest BCUT2D eigenvalue weighted by Crippen LogP contribution is -2.59. The van der Waals surface area contributed by atoms with E-state index in [4.69, 9.17) is 4.74 Å². The SMILES string of the molecule is CCC(CC)(NC(=O)OCC1c2ccccc2-c2ccccc21)C(=O)N1C[C@H](C)[C@@](C)(C(=O)O)C1. The molecule has 2 aromatic rings. The van der Waals surface area contributed by atoms with Crippen LogP contribution in [0.5, 0.6) is 0 Å². The predicted octanol–water partition coefficient (Wildman–Crippen LogP) is 4.65. The third-order valence-electron chi connectivity index (χ3n) is 8.18. The first-order valence-corrected chi connectivity index (χ1v) is 12.3. The average Bonchev–Trinajstić information content (AvgIpc) is 3.35. The molecule has 1 aliphatic carbocycles. The largest absolute Gasteiger partial charge is 0.481 e. The van der Waals surface area contributed by atoms with Gasteiger partial charge in [0.05, 0.1) is 5.41 Å². The van der Waals surface area contributed by atoms with Crippen molar-refractivity contribution in [1.29, 1.82) is 0 Å². The maximum atomic E-state index is 13.6. The second-order valence-electron chi connectivity index (χ2n) is 10.0. The van der Waals surface area contributed by atoms with Crippen molar-refractivity contribution in [2.24, 2.45) is 11.3 Å². The first kappa shape index (κ1) is 24.8. The smallest absolute Gasteiger partial charge is 0.408 e. The van der Waals surface area contributed by atoms with Gasteiger partial charge in [-0.05, 0) is 47.9 Å². The number of alkyl carbamates (subject to hydrolysis) is 1. The van der Waals surface area contributed by atoms with Crippen molar-refractivity contribution in [3.05, 3.63) is 59.7 Å². The number of carboxylic acids is 1. The van der Waals surface area contributed by atoms with Gasteiger partial charge in [-0.1, -0.05) is 69.3 Å². The molecule has 0 unspecified atom stereocenters. The van der Waals surface area contributed by atoms with E-state index in [0.717, 1.165) is 22.3 Å². The van der Waals surface area contributed by atoms with E-state index in [1.54, 1.807) is 11.8 Å². The van der Waals surface area contributed by atoms with Crippen molar-refractivity contribution in [2.75, 3.05) is 19.7 Å². The van der Waals surface area contributed by atoms with Gasteiger partial charge < -0.3 is 20.1 Å². The fourth-order valence-electron chi connectivity index (χ4n) is 5.50. The molecule has 2 aliphatic rings. The van der Waals surface area contributed by atoms with Gasteiger partial charge in [0.1, 0.15) is 12.1 Å². The van der Waals surface area contributed by atoms with Crippen LogP contribution in [0.3, 0.4) is 0 Å². The number of fused-ring (bicyclic) bond motifs is 3. The number of carbonyl (C=O) groups excluding carboxylic acids is 2. The Hall–Kier alpha value is -3.35. The third kappa shape index (κ3) is 4.17. The number of amides is 2. The van der Waals surface area contributed by atoms with E-state index < -0.39 is 23.0 Å². The van der Waals surface area contributed by atoms with Crippen LogP contribution in [0.1, 0.15) is 57.6 Å². The highest BCUT2D eigenvalue weighted by Gasteiger charge is 2.51. The second-order valence-corrected chi connectivity index (χ2v) is 10.0. The summed E-state index contributed by atoms with van der Waals surface area (Å²) < 4.78 is 5.70. The molecule has 4 rings (SSSR count). The first-order chi connectivity index (χ1) is 16.7. The number of hydrogen-bond acceptors (Lipinski definition) is 4. The molecule has 1 aliphatic heterocycles. The van der Waals surface area contributed by atoms with Gasteiger partial charge in [0.25, 0.3) is 0 Å². The Kier molecular flexibility index (Phi) is 6.62. The molecule has 1 heterocycles. The lowest BCUT2D eigenvalue weighted by molar-refractivity contribution is -0.149. The maximum Gasteiger partial charge on any atom is 0.408 e. The number of benzene rings is 2. The minimum atomic E-state index is -1.15. The summed E-state index contributed by atoms with van der Waals surface area (Å²) in [6.45, 7) is 7.84. The predicted molar refractivity (Wildman–Crippen MR) is 133 cm³/mol. The number of aliphatic carboxylic acids is 1. The highest BCUT2D eigenvalue weighted by Crippen LogP contribution is 2.44. The van der Waals surface area contributed by atoms with E-state index in [-0.39, 0.29) is 30.9 Å². The summed E-state index contributed by atoms with van der Waals surface area (Å²) in [5.41, 5.74) is 2.38. The molecule has 2 N–H and O–H groups in total. The Labute approximate surface area is 206 Å². The molecule has 1 saturated heterocycles. The summed E-state index contributed by atoms with van der Waals surface area (Å²) >= 11 is 0. The highest BCUT2D eigenvalue weighted by molar-refractivity contribution is 5.91. The van der Waals surface area contributed by atoms with Gasteiger partial charge in [0, 0.05) is 19.0 Å². The normalized spacial score (nSPS) is 21.4. The molecular weight excluding hydrogens is 444 g/mol. The molecule has 1 fully saturated rings. The van der Waals surface area contributed by atoms with Crippen LogP contribution in [0.4, 0.5) is 4.79 Å². The summed E-state index contributed by atoms with van der Waals surface area (Å²) in [5, 5.41) is 12.5. The minimum absolute atomic E-state index is 0.0720. The zero-order valence-electron chi connectivity index (χ0n) is 20.8. The fraction of sp³-hybridized carbons (Fsp3) is 0.464. The zero-order valence-corrected chi connectivity index (χ0v) is 20.8. The van der Waals surface area contributed by atoms with Crippen LogP contribution >= 0.6 is 0 Å². The molecule has 0 radical (unpaired) electrons. The van der Waals surface area contributed by atoms with E-state index in [1.165, 1.54) is 0 Å². The van der Waals surface area contributed by atoms with Crippen LogP contribution in [0.15, 0.2) is 48.5 Å². The Balaban J connectivity index is 1.47. The standard InChI is InChI=1S/C28H34N2O5/c1-5-28(6-2,24(31)30-15-18(3)27(4,17-30)25(32)33)29-26(34)35-16-23-21-13-9-7-11-19(21)20-12-8-10-14-22(20)23/h7-14,18,23H,5-6,15-17H2,1-4H3,(H,29,34)(H,32,33)/t18-,27-/m0/s1. The first-order valence-electron chi connectivity index (χ1n) is 12.3. The second kappa shape index (κ2) is 9.36. The summed E-state index contributed by atoms with van der Waals surface area (Å²) in [5.74, 6) is -1.43. The topological polar surface area (TPSA) is 95.9 Å². The van der Waals surface area contributed by atoms with Crippen molar-refractivity contribution >= 4 is 18.0 Å². The summed E-state index contributed by atoms with van der Waals surface area (Å²) in [7, 11) is 0. The van der Waals surface area contributed by atoms with Gasteiger partial charge in [-0.25, -0.2) is 4.79 Å². The number of carboxylic acid groups (broad SMARTS) is 1. The van der Waals surface area contributed by atoms with Crippen LogP contribution in [0, 0.1) is 11.3 Å². The van der Waals surface area contributed by atoms with Gasteiger partial charge in [-0.15, -0.1) is 0 Å². The van der Waals surface area contributed by atoms with Crippen molar-refractivity contribution in [3.63, 3.8) is 0 Å². The Morgan fingerprint density at radius 2 is 1.60 bits per heavy atom. The molecule has 0 spiro atoms. The lowest BCUT2D eigenvalue weighted by atomic mass is 9.81.